The zero-order valence-corrected chi connectivity index (χ0v) is 17.5. The van der Waals surface area contributed by atoms with Crippen molar-refractivity contribution in [3.05, 3.63) is 23.5 Å². The van der Waals surface area contributed by atoms with Gasteiger partial charge in [-0.2, -0.15) is 4.39 Å². The summed E-state index contributed by atoms with van der Waals surface area (Å²) in [6.45, 7) is 8.31. The predicted octanol–water partition coefficient (Wildman–Crippen LogP) is 6.22. The van der Waals surface area contributed by atoms with Gasteiger partial charge in [0.05, 0.1) is 5.56 Å². The standard InChI is InChI=1S/C23H33FO4/c1-15(2)22(9-5-6-10-22)27-18-13-17(21(25)26)14-19(20(18)24)28-23(16(3)4)11-7-8-12-23/h13-16H,5-12H2,1-4H3,(H,25,26). The Morgan fingerprint density at radius 1 is 0.893 bits per heavy atom. The molecular formula is C23H33FO4. The number of carboxylic acid groups (broad SMARTS) is 1. The highest BCUT2D eigenvalue weighted by molar-refractivity contribution is 5.88. The van der Waals surface area contributed by atoms with Crippen molar-refractivity contribution >= 4 is 5.97 Å². The molecule has 2 saturated carbocycles. The molecule has 0 unspecified atom stereocenters. The van der Waals surface area contributed by atoms with Gasteiger partial charge in [0.25, 0.3) is 0 Å². The Bertz CT molecular complexity index is 662. The highest BCUT2D eigenvalue weighted by Gasteiger charge is 2.42. The summed E-state index contributed by atoms with van der Waals surface area (Å²) in [5.74, 6) is -1.26. The number of hydrogen-bond acceptors (Lipinski definition) is 3. The molecule has 1 aromatic rings. The molecule has 1 N–H and O–H groups in total. The van der Waals surface area contributed by atoms with Crippen LogP contribution in [0.1, 0.15) is 89.4 Å². The van der Waals surface area contributed by atoms with Gasteiger partial charge in [0.1, 0.15) is 11.2 Å². The first kappa shape index (κ1) is 20.9. The van der Waals surface area contributed by atoms with Crippen LogP contribution in [0.4, 0.5) is 4.39 Å². The fraction of sp³-hybridized carbons (Fsp3) is 0.696. The first-order valence-corrected chi connectivity index (χ1v) is 10.6. The van der Waals surface area contributed by atoms with Gasteiger partial charge in [-0.05, 0) is 75.3 Å². The van der Waals surface area contributed by atoms with E-state index in [-0.39, 0.29) is 28.9 Å². The van der Waals surface area contributed by atoms with E-state index in [4.69, 9.17) is 9.47 Å². The zero-order valence-electron chi connectivity index (χ0n) is 17.5. The summed E-state index contributed by atoms with van der Waals surface area (Å²) in [4.78, 5) is 11.7. The van der Waals surface area contributed by atoms with Gasteiger partial charge >= 0.3 is 5.97 Å². The van der Waals surface area contributed by atoms with E-state index in [2.05, 4.69) is 27.7 Å². The van der Waals surface area contributed by atoms with E-state index in [1.807, 2.05) is 0 Å². The predicted molar refractivity (Wildman–Crippen MR) is 107 cm³/mol. The summed E-state index contributed by atoms with van der Waals surface area (Å²) in [6, 6.07) is 2.62. The lowest BCUT2D eigenvalue weighted by Gasteiger charge is -2.36. The molecule has 0 saturated heterocycles. The van der Waals surface area contributed by atoms with Crippen LogP contribution in [-0.2, 0) is 0 Å². The summed E-state index contributed by atoms with van der Waals surface area (Å²) in [6.07, 6.45) is 7.58. The lowest BCUT2D eigenvalue weighted by atomic mass is 9.88. The van der Waals surface area contributed by atoms with Crippen LogP contribution < -0.4 is 9.47 Å². The Labute approximate surface area is 167 Å². The molecule has 28 heavy (non-hydrogen) atoms. The lowest BCUT2D eigenvalue weighted by molar-refractivity contribution is 0.0144. The topological polar surface area (TPSA) is 55.8 Å². The Kier molecular flexibility index (Phi) is 5.92. The number of halogens is 1. The van der Waals surface area contributed by atoms with Gasteiger partial charge in [-0.15, -0.1) is 0 Å². The molecular weight excluding hydrogens is 359 g/mol. The van der Waals surface area contributed by atoms with E-state index in [0.29, 0.717) is 0 Å². The van der Waals surface area contributed by atoms with Crippen LogP contribution in [0, 0.1) is 17.7 Å². The van der Waals surface area contributed by atoms with Crippen molar-refractivity contribution in [3.8, 4) is 11.5 Å². The molecule has 2 aliphatic rings. The van der Waals surface area contributed by atoms with Gasteiger partial charge in [-0.3, -0.25) is 0 Å². The monoisotopic (exact) mass is 392 g/mol. The third-order valence-corrected chi connectivity index (χ3v) is 6.88. The SMILES string of the molecule is CC(C)C1(Oc2cc(C(=O)O)cc(OC3(C(C)C)CCCC3)c2F)CCCC1. The van der Waals surface area contributed by atoms with E-state index in [0.717, 1.165) is 51.4 Å². The van der Waals surface area contributed by atoms with Crippen LogP contribution in [0.3, 0.4) is 0 Å². The van der Waals surface area contributed by atoms with Crippen LogP contribution in [0.25, 0.3) is 0 Å². The molecule has 0 amide bonds. The van der Waals surface area contributed by atoms with Gasteiger partial charge in [-0.1, -0.05) is 27.7 Å². The summed E-state index contributed by atoms with van der Waals surface area (Å²) in [7, 11) is 0. The molecule has 1 aromatic carbocycles. The summed E-state index contributed by atoms with van der Waals surface area (Å²) in [5, 5.41) is 9.56. The summed E-state index contributed by atoms with van der Waals surface area (Å²) in [5.41, 5.74) is -0.892. The highest BCUT2D eigenvalue weighted by atomic mass is 19.1. The molecule has 4 nitrogen and oxygen atoms in total. The van der Waals surface area contributed by atoms with Crippen LogP contribution in [0.15, 0.2) is 12.1 Å². The molecule has 0 radical (unpaired) electrons. The Balaban J connectivity index is 2.00. The van der Waals surface area contributed by atoms with Crippen molar-refractivity contribution in [2.24, 2.45) is 11.8 Å². The van der Waals surface area contributed by atoms with E-state index >= 15 is 4.39 Å². The quantitative estimate of drug-likeness (QED) is 0.598. The normalized spacial score (nSPS) is 20.7. The van der Waals surface area contributed by atoms with E-state index in [9.17, 15) is 9.90 Å². The van der Waals surface area contributed by atoms with E-state index < -0.39 is 23.0 Å². The summed E-state index contributed by atoms with van der Waals surface area (Å²) < 4.78 is 27.9. The van der Waals surface area contributed by atoms with Crippen molar-refractivity contribution in [2.45, 2.75) is 90.3 Å². The molecule has 5 heteroatoms. The van der Waals surface area contributed by atoms with Gasteiger partial charge in [0, 0.05) is 0 Å². The molecule has 2 fully saturated rings. The molecule has 0 aliphatic heterocycles. The molecule has 0 atom stereocenters. The molecule has 3 rings (SSSR count). The van der Waals surface area contributed by atoms with Crippen LogP contribution in [0.2, 0.25) is 0 Å². The lowest BCUT2D eigenvalue weighted by Crippen LogP contribution is -2.40. The highest BCUT2D eigenvalue weighted by Crippen LogP contribution is 2.45. The number of hydrogen-bond donors (Lipinski definition) is 1. The molecule has 0 bridgehead atoms. The Morgan fingerprint density at radius 2 is 1.25 bits per heavy atom. The van der Waals surface area contributed by atoms with Gasteiger partial charge in [-0.25, -0.2) is 4.79 Å². The molecule has 156 valence electrons. The average Bonchev–Trinajstić information content (AvgIpc) is 3.29. The summed E-state index contributed by atoms with van der Waals surface area (Å²) >= 11 is 0. The van der Waals surface area contributed by atoms with Crippen molar-refractivity contribution in [3.63, 3.8) is 0 Å². The third kappa shape index (κ3) is 3.85. The number of aromatic carboxylic acids is 1. The van der Waals surface area contributed by atoms with Gasteiger partial charge < -0.3 is 14.6 Å². The first-order chi connectivity index (χ1) is 13.2. The second-order valence-corrected chi connectivity index (χ2v) is 9.15. The molecule has 0 heterocycles. The zero-order chi connectivity index (χ0) is 20.5. The number of rotatable bonds is 7. The fourth-order valence-corrected chi connectivity index (χ4v) is 4.82. The van der Waals surface area contributed by atoms with E-state index in [1.165, 1.54) is 12.1 Å². The smallest absolute Gasteiger partial charge is 0.335 e. The maximum Gasteiger partial charge on any atom is 0.335 e. The number of ether oxygens (including phenoxy) is 2. The number of carbonyl (C=O) groups is 1. The van der Waals surface area contributed by atoms with Crippen molar-refractivity contribution < 1.29 is 23.8 Å². The van der Waals surface area contributed by atoms with Crippen molar-refractivity contribution in [1.82, 2.24) is 0 Å². The average molecular weight is 393 g/mol. The molecule has 0 spiro atoms. The van der Waals surface area contributed by atoms with Crippen molar-refractivity contribution in [2.75, 3.05) is 0 Å². The second kappa shape index (κ2) is 7.92. The first-order valence-electron chi connectivity index (χ1n) is 10.6. The van der Waals surface area contributed by atoms with Gasteiger partial charge in [0.2, 0.25) is 5.82 Å². The van der Waals surface area contributed by atoms with Crippen LogP contribution in [-0.4, -0.2) is 22.3 Å². The second-order valence-electron chi connectivity index (χ2n) is 9.15. The van der Waals surface area contributed by atoms with Crippen molar-refractivity contribution in [1.29, 1.82) is 0 Å². The fourth-order valence-electron chi connectivity index (χ4n) is 4.82. The minimum Gasteiger partial charge on any atom is -0.484 e. The minimum absolute atomic E-state index is 0.000191. The minimum atomic E-state index is -1.11. The largest absolute Gasteiger partial charge is 0.484 e. The van der Waals surface area contributed by atoms with Crippen LogP contribution in [0.5, 0.6) is 11.5 Å². The maximum atomic E-state index is 15.4. The number of carboxylic acids is 1. The maximum absolute atomic E-state index is 15.4. The third-order valence-electron chi connectivity index (χ3n) is 6.88. The van der Waals surface area contributed by atoms with E-state index in [1.54, 1.807) is 0 Å². The molecule has 2 aliphatic carbocycles. The Morgan fingerprint density at radius 3 is 1.54 bits per heavy atom. The number of benzene rings is 1. The Hall–Kier alpha value is -1.78. The van der Waals surface area contributed by atoms with Gasteiger partial charge in [0.15, 0.2) is 11.5 Å². The van der Waals surface area contributed by atoms with Crippen LogP contribution >= 0.6 is 0 Å². The molecule has 0 aromatic heterocycles.